The molecule has 21 heavy (non-hydrogen) atoms. The smallest absolute Gasteiger partial charge is 0.334 e. The van der Waals surface area contributed by atoms with Gasteiger partial charge in [-0.05, 0) is 27.7 Å². The summed E-state index contributed by atoms with van der Waals surface area (Å²) >= 11 is 0. The van der Waals surface area contributed by atoms with E-state index < -0.39 is 11.8 Å². The molecule has 1 unspecified atom stereocenters. The van der Waals surface area contributed by atoms with Crippen molar-refractivity contribution in [1.82, 2.24) is 0 Å². The predicted octanol–water partition coefficient (Wildman–Crippen LogP) is 3.61. The fourth-order valence-corrected chi connectivity index (χ4v) is 2.43. The van der Waals surface area contributed by atoms with E-state index in [9.17, 15) is 4.79 Å². The first-order chi connectivity index (χ1) is 9.82. The van der Waals surface area contributed by atoms with Crippen LogP contribution in [0.3, 0.4) is 0 Å². The number of ether oxygens (including phenoxy) is 3. The molecule has 0 amide bonds. The fourth-order valence-electron chi connectivity index (χ4n) is 2.43. The summed E-state index contributed by atoms with van der Waals surface area (Å²) in [7, 11) is 0. The van der Waals surface area contributed by atoms with Crippen LogP contribution in [0.1, 0.15) is 45.7 Å². The van der Waals surface area contributed by atoms with Gasteiger partial charge in [0, 0.05) is 18.1 Å². The highest BCUT2D eigenvalue weighted by molar-refractivity contribution is 5.91. The number of hydrogen-bond acceptors (Lipinski definition) is 4. The van der Waals surface area contributed by atoms with Crippen LogP contribution in [0.2, 0.25) is 0 Å². The normalized spacial score (nSPS) is 22.5. The molecule has 1 aromatic carbocycles. The van der Waals surface area contributed by atoms with Crippen molar-refractivity contribution in [2.75, 3.05) is 0 Å². The van der Waals surface area contributed by atoms with Crippen LogP contribution in [0.5, 0.6) is 0 Å². The maximum absolute atomic E-state index is 11.8. The molecule has 1 aromatic rings. The standard InChI is InChI=1S/C17H22O4/c1-11(2)19-16(18)10-15-13-8-6-7-9-14(13)17(5,21-15)20-12(3)4/h6-12H,1-5H3/b15-10-. The number of carbonyl (C=O) groups excluding carboxylic acids is 1. The van der Waals surface area contributed by atoms with Gasteiger partial charge in [-0.2, -0.15) is 0 Å². The van der Waals surface area contributed by atoms with Crippen LogP contribution in [-0.4, -0.2) is 18.2 Å². The van der Waals surface area contributed by atoms with Gasteiger partial charge in [-0.15, -0.1) is 0 Å². The molecule has 0 spiro atoms. The molecule has 0 saturated carbocycles. The average molecular weight is 290 g/mol. The molecule has 2 rings (SSSR count). The summed E-state index contributed by atoms with van der Waals surface area (Å²) in [6, 6.07) is 7.70. The molecule has 1 aliphatic rings. The molecule has 1 atom stereocenters. The number of fused-ring (bicyclic) bond motifs is 1. The monoisotopic (exact) mass is 290 g/mol. The van der Waals surface area contributed by atoms with Crippen molar-refractivity contribution in [3.63, 3.8) is 0 Å². The van der Waals surface area contributed by atoms with Crippen LogP contribution < -0.4 is 0 Å². The van der Waals surface area contributed by atoms with Gasteiger partial charge in [0.25, 0.3) is 0 Å². The molecule has 0 saturated heterocycles. The quantitative estimate of drug-likeness (QED) is 0.627. The summed E-state index contributed by atoms with van der Waals surface area (Å²) in [5.74, 6) is -0.808. The zero-order valence-corrected chi connectivity index (χ0v) is 13.2. The molecule has 114 valence electrons. The predicted molar refractivity (Wildman–Crippen MR) is 80.3 cm³/mol. The Hall–Kier alpha value is -1.81. The molecule has 1 aliphatic heterocycles. The molecule has 0 N–H and O–H groups in total. The first kappa shape index (κ1) is 15.6. The van der Waals surface area contributed by atoms with Crippen LogP contribution in [0.4, 0.5) is 0 Å². The van der Waals surface area contributed by atoms with E-state index in [1.807, 2.05) is 58.9 Å². The maximum Gasteiger partial charge on any atom is 0.334 e. The minimum absolute atomic E-state index is 0.00465. The average Bonchev–Trinajstić information content (AvgIpc) is 2.61. The largest absolute Gasteiger partial charge is 0.460 e. The molecule has 0 bridgehead atoms. The molecule has 0 fully saturated rings. The van der Waals surface area contributed by atoms with E-state index in [-0.39, 0.29) is 12.2 Å². The molecule has 0 aromatic heterocycles. The van der Waals surface area contributed by atoms with E-state index >= 15 is 0 Å². The Morgan fingerprint density at radius 3 is 2.48 bits per heavy atom. The summed E-state index contributed by atoms with van der Waals surface area (Å²) in [5.41, 5.74) is 1.78. The van der Waals surface area contributed by atoms with E-state index in [2.05, 4.69) is 0 Å². The van der Waals surface area contributed by atoms with Gasteiger partial charge in [-0.25, -0.2) is 4.79 Å². The third-order valence-electron chi connectivity index (χ3n) is 3.05. The minimum atomic E-state index is -0.880. The first-order valence-corrected chi connectivity index (χ1v) is 7.21. The zero-order valence-electron chi connectivity index (χ0n) is 13.2. The Morgan fingerprint density at radius 2 is 1.86 bits per heavy atom. The highest BCUT2D eigenvalue weighted by Crippen LogP contribution is 2.44. The highest BCUT2D eigenvalue weighted by Gasteiger charge is 2.41. The minimum Gasteiger partial charge on any atom is -0.460 e. The van der Waals surface area contributed by atoms with Crippen molar-refractivity contribution in [3.8, 4) is 0 Å². The van der Waals surface area contributed by atoms with Gasteiger partial charge in [0.1, 0.15) is 5.76 Å². The Bertz CT molecular complexity index is 560. The van der Waals surface area contributed by atoms with Crippen LogP contribution >= 0.6 is 0 Å². The zero-order chi connectivity index (χ0) is 15.6. The topological polar surface area (TPSA) is 44.8 Å². The lowest BCUT2D eigenvalue weighted by molar-refractivity contribution is -0.207. The van der Waals surface area contributed by atoms with Crippen molar-refractivity contribution in [1.29, 1.82) is 0 Å². The van der Waals surface area contributed by atoms with Crippen molar-refractivity contribution >= 4 is 11.7 Å². The number of rotatable bonds is 4. The fraction of sp³-hybridized carbons (Fsp3) is 0.471. The van der Waals surface area contributed by atoms with E-state index in [0.717, 1.165) is 11.1 Å². The molecular formula is C17H22O4. The van der Waals surface area contributed by atoms with Gasteiger partial charge in [0.2, 0.25) is 5.79 Å². The van der Waals surface area contributed by atoms with Crippen molar-refractivity contribution in [2.45, 2.75) is 52.6 Å². The molecule has 1 heterocycles. The SMILES string of the molecule is CC(C)OC(=O)/C=C1\OC(C)(OC(C)C)c2ccccc21. The Labute approximate surface area is 125 Å². The lowest BCUT2D eigenvalue weighted by Crippen LogP contribution is -2.28. The lowest BCUT2D eigenvalue weighted by atomic mass is 10.0. The second kappa shape index (κ2) is 5.90. The van der Waals surface area contributed by atoms with E-state index in [1.165, 1.54) is 6.08 Å². The lowest BCUT2D eigenvalue weighted by Gasteiger charge is -2.27. The first-order valence-electron chi connectivity index (χ1n) is 7.21. The summed E-state index contributed by atoms with van der Waals surface area (Å²) in [4.78, 5) is 11.8. The second-order valence-corrected chi connectivity index (χ2v) is 5.75. The van der Waals surface area contributed by atoms with Crippen molar-refractivity contribution < 1.29 is 19.0 Å². The molecular weight excluding hydrogens is 268 g/mol. The summed E-state index contributed by atoms with van der Waals surface area (Å²) in [6.45, 7) is 9.38. The molecule has 4 nitrogen and oxygen atoms in total. The third kappa shape index (κ3) is 3.45. The number of carbonyl (C=O) groups is 1. The van der Waals surface area contributed by atoms with Crippen LogP contribution in [-0.2, 0) is 24.8 Å². The number of esters is 1. The molecule has 4 heteroatoms. The summed E-state index contributed by atoms with van der Waals surface area (Å²) < 4.78 is 17.0. The second-order valence-electron chi connectivity index (χ2n) is 5.75. The van der Waals surface area contributed by atoms with Crippen molar-refractivity contribution in [3.05, 3.63) is 41.5 Å². The Morgan fingerprint density at radius 1 is 1.19 bits per heavy atom. The number of hydrogen-bond donors (Lipinski definition) is 0. The van der Waals surface area contributed by atoms with E-state index in [4.69, 9.17) is 14.2 Å². The van der Waals surface area contributed by atoms with Crippen molar-refractivity contribution in [2.24, 2.45) is 0 Å². The molecule has 0 radical (unpaired) electrons. The third-order valence-corrected chi connectivity index (χ3v) is 3.05. The molecule has 0 aliphatic carbocycles. The van der Waals surface area contributed by atoms with Gasteiger partial charge in [-0.1, -0.05) is 24.3 Å². The highest BCUT2D eigenvalue weighted by atomic mass is 16.7. The van der Waals surface area contributed by atoms with Gasteiger partial charge in [0.05, 0.1) is 18.3 Å². The van der Waals surface area contributed by atoms with E-state index in [0.29, 0.717) is 5.76 Å². The summed E-state index contributed by atoms with van der Waals surface area (Å²) in [6.07, 6.45) is 1.22. The van der Waals surface area contributed by atoms with Crippen LogP contribution in [0.15, 0.2) is 30.3 Å². The number of benzene rings is 1. The summed E-state index contributed by atoms with van der Waals surface area (Å²) in [5, 5.41) is 0. The Balaban J connectivity index is 2.35. The van der Waals surface area contributed by atoms with Crippen LogP contribution in [0.25, 0.3) is 5.76 Å². The van der Waals surface area contributed by atoms with E-state index in [1.54, 1.807) is 0 Å². The van der Waals surface area contributed by atoms with Gasteiger partial charge in [0.15, 0.2) is 0 Å². The van der Waals surface area contributed by atoms with Crippen LogP contribution in [0, 0.1) is 0 Å². The van der Waals surface area contributed by atoms with Gasteiger partial charge in [-0.3, -0.25) is 0 Å². The maximum atomic E-state index is 11.8. The van der Waals surface area contributed by atoms with Gasteiger partial charge < -0.3 is 14.2 Å². The Kier molecular flexibility index (Phi) is 4.37. The van der Waals surface area contributed by atoms with Gasteiger partial charge >= 0.3 is 5.97 Å².